The molecule has 8 heteroatoms. The molecule has 8 nitrogen and oxygen atoms in total. The molecule has 0 aliphatic carbocycles. The molecule has 2 N–H and O–H groups in total. The first-order chi connectivity index (χ1) is 13.0. The number of rotatable bonds is 5. The molecule has 0 spiro atoms. The zero-order valence-corrected chi connectivity index (χ0v) is 15.6. The maximum atomic E-state index is 10.1. The maximum absolute atomic E-state index is 10.1. The number of β-amino-alcohol motifs (C(OH)–C–C–N with tert-alkyl or cyclic N) is 1. The third-order valence-electron chi connectivity index (χ3n) is 4.66. The fourth-order valence-electron chi connectivity index (χ4n) is 3.34. The van der Waals surface area contributed by atoms with E-state index in [0.717, 1.165) is 28.0 Å². The highest BCUT2D eigenvalue weighted by Gasteiger charge is 2.32. The Morgan fingerprint density at radius 2 is 2.11 bits per heavy atom. The Labute approximate surface area is 157 Å². The number of aromatic amines is 1. The van der Waals surface area contributed by atoms with Crippen molar-refractivity contribution < 1.29 is 14.6 Å². The second kappa shape index (κ2) is 7.13. The maximum Gasteiger partial charge on any atom is 0.214 e. The quantitative estimate of drug-likeness (QED) is 0.710. The number of aliphatic hydroxyl groups is 1. The molecule has 1 fully saturated rings. The third-order valence-corrected chi connectivity index (χ3v) is 4.66. The summed E-state index contributed by atoms with van der Waals surface area (Å²) < 4.78 is 11.0. The normalized spacial score (nSPS) is 20.0. The van der Waals surface area contributed by atoms with Gasteiger partial charge in [-0.2, -0.15) is 5.10 Å². The van der Waals surface area contributed by atoms with Gasteiger partial charge >= 0.3 is 0 Å². The van der Waals surface area contributed by atoms with Crippen molar-refractivity contribution in [2.24, 2.45) is 0 Å². The molecule has 1 aliphatic rings. The van der Waals surface area contributed by atoms with E-state index in [1.807, 2.05) is 36.9 Å². The minimum atomic E-state index is -0.520. The van der Waals surface area contributed by atoms with Crippen molar-refractivity contribution in [1.29, 1.82) is 0 Å². The number of aromatic nitrogens is 4. The Kier molecular flexibility index (Phi) is 4.67. The van der Waals surface area contributed by atoms with E-state index >= 15 is 0 Å². The summed E-state index contributed by atoms with van der Waals surface area (Å²) in [5, 5.41) is 18.5. The Morgan fingerprint density at radius 1 is 1.26 bits per heavy atom. The van der Waals surface area contributed by atoms with Crippen LogP contribution in [0.1, 0.15) is 13.8 Å². The molecule has 142 valence electrons. The molecular weight excluding hydrogens is 346 g/mol. The molecule has 0 saturated carbocycles. The molecule has 4 rings (SSSR count). The van der Waals surface area contributed by atoms with Crippen molar-refractivity contribution in [2.75, 3.05) is 25.1 Å². The lowest BCUT2D eigenvalue weighted by Gasteiger charge is -2.17. The number of methoxy groups -OCH3 is 1. The molecule has 3 aromatic rings. The summed E-state index contributed by atoms with van der Waals surface area (Å²) in [7, 11) is 1.61. The number of hydrogen-bond acceptors (Lipinski definition) is 7. The van der Waals surface area contributed by atoms with Crippen LogP contribution in [-0.4, -0.2) is 63.8 Å². The highest BCUT2D eigenvalue weighted by Crippen LogP contribution is 2.30. The van der Waals surface area contributed by atoms with Crippen molar-refractivity contribution >= 4 is 16.7 Å². The van der Waals surface area contributed by atoms with E-state index in [1.165, 1.54) is 0 Å². The van der Waals surface area contributed by atoms with Gasteiger partial charge in [-0.1, -0.05) is 0 Å². The highest BCUT2D eigenvalue weighted by molar-refractivity contribution is 5.93. The number of ether oxygens (including phenoxy) is 2. The van der Waals surface area contributed by atoms with Crippen LogP contribution in [0.4, 0.5) is 5.82 Å². The number of fused-ring (bicyclic) bond motifs is 1. The van der Waals surface area contributed by atoms with E-state index < -0.39 is 6.10 Å². The SMILES string of the molecule is COC1CN(c2cc(-c3n[nH]c4cnc(OC(C)C)cc34)ccn2)CC1O. The zero-order chi connectivity index (χ0) is 19.0. The minimum Gasteiger partial charge on any atom is -0.475 e. The van der Waals surface area contributed by atoms with Crippen molar-refractivity contribution in [1.82, 2.24) is 20.2 Å². The standard InChI is InChI=1S/C19H23N5O3/c1-11(2)27-18-7-13-14(8-21-18)22-23-19(13)12-4-5-20-17(6-12)24-9-15(25)16(10-24)26-3/h4-8,11,15-16,25H,9-10H2,1-3H3,(H,22,23). The molecule has 0 bridgehead atoms. The lowest BCUT2D eigenvalue weighted by atomic mass is 10.1. The highest BCUT2D eigenvalue weighted by atomic mass is 16.5. The van der Waals surface area contributed by atoms with Gasteiger partial charge in [-0.15, -0.1) is 0 Å². The summed E-state index contributed by atoms with van der Waals surface area (Å²) >= 11 is 0. The van der Waals surface area contributed by atoms with Crippen molar-refractivity contribution in [3.05, 3.63) is 30.6 Å². The van der Waals surface area contributed by atoms with Crippen molar-refractivity contribution in [3.8, 4) is 17.1 Å². The van der Waals surface area contributed by atoms with Crippen LogP contribution in [0, 0.1) is 0 Å². The second-order valence-corrected chi connectivity index (χ2v) is 6.96. The molecule has 1 saturated heterocycles. The van der Waals surface area contributed by atoms with Gasteiger partial charge in [0.25, 0.3) is 0 Å². The number of pyridine rings is 2. The van der Waals surface area contributed by atoms with Gasteiger partial charge in [0, 0.05) is 43.4 Å². The zero-order valence-electron chi connectivity index (χ0n) is 15.6. The van der Waals surface area contributed by atoms with Gasteiger partial charge in [0.1, 0.15) is 17.6 Å². The topological polar surface area (TPSA) is 96.4 Å². The number of nitrogens with zero attached hydrogens (tertiary/aromatic N) is 4. The van der Waals surface area contributed by atoms with E-state index in [1.54, 1.807) is 19.5 Å². The Hall–Kier alpha value is -2.71. The van der Waals surface area contributed by atoms with Gasteiger partial charge in [-0.3, -0.25) is 5.10 Å². The summed E-state index contributed by atoms with van der Waals surface area (Å²) in [6.07, 6.45) is 2.81. The van der Waals surface area contributed by atoms with Gasteiger partial charge < -0.3 is 19.5 Å². The molecule has 0 aromatic carbocycles. The second-order valence-electron chi connectivity index (χ2n) is 6.96. The molecule has 2 atom stereocenters. The average Bonchev–Trinajstić information content (AvgIpc) is 3.24. The number of H-pyrrole nitrogens is 1. The first kappa shape index (κ1) is 17.7. The largest absolute Gasteiger partial charge is 0.475 e. The van der Waals surface area contributed by atoms with E-state index in [0.29, 0.717) is 19.0 Å². The predicted octanol–water partition coefficient (Wildman–Crippen LogP) is 2.00. The number of anilines is 1. The predicted molar refractivity (Wildman–Crippen MR) is 102 cm³/mol. The first-order valence-corrected chi connectivity index (χ1v) is 8.98. The van der Waals surface area contributed by atoms with E-state index in [9.17, 15) is 5.11 Å². The number of aliphatic hydroxyl groups excluding tert-OH is 1. The first-order valence-electron chi connectivity index (χ1n) is 8.98. The molecule has 0 amide bonds. The van der Waals surface area contributed by atoms with Crippen LogP contribution in [0.5, 0.6) is 5.88 Å². The smallest absolute Gasteiger partial charge is 0.214 e. The van der Waals surface area contributed by atoms with Crippen LogP contribution >= 0.6 is 0 Å². The van der Waals surface area contributed by atoms with E-state index in [-0.39, 0.29) is 12.2 Å². The summed E-state index contributed by atoms with van der Waals surface area (Å²) in [5.41, 5.74) is 2.59. The number of hydrogen-bond donors (Lipinski definition) is 2. The van der Waals surface area contributed by atoms with Crippen LogP contribution in [0.15, 0.2) is 30.6 Å². The lowest BCUT2D eigenvalue weighted by molar-refractivity contribution is 0.0217. The van der Waals surface area contributed by atoms with E-state index in [2.05, 4.69) is 20.2 Å². The van der Waals surface area contributed by atoms with Crippen molar-refractivity contribution in [2.45, 2.75) is 32.2 Å². The minimum absolute atomic E-state index is 0.0492. The van der Waals surface area contributed by atoms with Crippen LogP contribution in [0.3, 0.4) is 0 Å². The van der Waals surface area contributed by atoms with Gasteiger partial charge in [-0.05, 0) is 26.0 Å². The van der Waals surface area contributed by atoms with Crippen LogP contribution < -0.4 is 9.64 Å². The Bertz CT molecular complexity index is 942. The fourth-order valence-corrected chi connectivity index (χ4v) is 3.34. The summed E-state index contributed by atoms with van der Waals surface area (Å²) in [6.45, 7) is 5.03. The monoisotopic (exact) mass is 369 g/mol. The molecular formula is C19H23N5O3. The van der Waals surface area contributed by atoms with Crippen LogP contribution in [0.25, 0.3) is 22.2 Å². The molecule has 1 aliphatic heterocycles. The summed E-state index contributed by atoms with van der Waals surface area (Å²) in [6, 6.07) is 5.79. The van der Waals surface area contributed by atoms with Crippen LogP contribution in [0.2, 0.25) is 0 Å². The van der Waals surface area contributed by atoms with Gasteiger partial charge in [0.15, 0.2) is 0 Å². The summed E-state index contributed by atoms with van der Waals surface area (Å²) in [5.74, 6) is 1.36. The molecule has 27 heavy (non-hydrogen) atoms. The van der Waals surface area contributed by atoms with Gasteiger partial charge in [-0.25, -0.2) is 9.97 Å². The fraction of sp³-hybridized carbons (Fsp3) is 0.421. The summed E-state index contributed by atoms with van der Waals surface area (Å²) in [4.78, 5) is 10.8. The van der Waals surface area contributed by atoms with Crippen molar-refractivity contribution in [3.63, 3.8) is 0 Å². The van der Waals surface area contributed by atoms with Gasteiger partial charge in [0.05, 0.1) is 23.9 Å². The Balaban J connectivity index is 1.68. The van der Waals surface area contributed by atoms with E-state index in [4.69, 9.17) is 9.47 Å². The third kappa shape index (κ3) is 3.45. The molecule has 4 heterocycles. The van der Waals surface area contributed by atoms with Crippen LogP contribution in [-0.2, 0) is 4.74 Å². The average molecular weight is 369 g/mol. The lowest BCUT2D eigenvalue weighted by Crippen LogP contribution is -2.25. The molecule has 3 aromatic heterocycles. The molecule has 2 unspecified atom stereocenters. The van der Waals surface area contributed by atoms with Gasteiger partial charge in [0.2, 0.25) is 5.88 Å². The number of nitrogens with one attached hydrogen (secondary N) is 1. The molecule has 0 radical (unpaired) electrons. The Morgan fingerprint density at radius 3 is 2.85 bits per heavy atom.